The van der Waals surface area contributed by atoms with Crippen LogP contribution in [0.5, 0.6) is 0 Å². The van der Waals surface area contributed by atoms with Crippen molar-refractivity contribution in [3.05, 3.63) is 22.4 Å². The van der Waals surface area contributed by atoms with E-state index in [9.17, 15) is 0 Å². The maximum absolute atomic E-state index is 6.07. The molecule has 2 rings (SSSR count). The van der Waals surface area contributed by atoms with E-state index in [2.05, 4.69) is 35.9 Å². The van der Waals surface area contributed by atoms with Crippen LogP contribution in [0.15, 0.2) is 0 Å². The van der Waals surface area contributed by atoms with Gasteiger partial charge in [0, 0.05) is 12.0 Å². The van der Waals surface area contributed by atoms with Crippen LogP contribution in [0.2, 0.25) is 5.15 Å². The van der Waals surface area contributed by atoms with Gasteiger partial charge in [-0.2, -0.15) is 5.21 Å². The summed E-state index contributed by atoms with van der Waals surface area (Å²) in [5.74, 6) is 1.97. The molecule has 0 aliphatic heterocycles. The van der Waals surface area contributed by atoms with Crippen molar-refractivity contribution in [1.82, 2.24) is 30.6 Å². The Hall–Kier alpha value is -1.76. The summed E-state index contributed by atoms with van der Waals surface area (Å²) in [5.41, 5.74) is 0.809. The van der Waals surface area contributed by atoms with Crippen molar-refractivity contribution in [3.63, 3.8) is 0 Å². The second kappa shape index (κ2) is 5.26. The number of aromatic amines is 1. The van der Waals surface area contributed by atoms with Gasteiger partial charge in [-0.1, -0.05) is 23.7 Å². The van der Waals surface area contributed by atoms with Gasteiger partial charge in [-0.3, -0.25) is 0 Å². The fraction of sp³-hybridized carbons (Fsp3) is 0.500. The molecule has 0 saturated carbocycles. The molecule has 0 aromatic carbocycles. The van der Waals surface area contributed by atoms with Crippen molar-refractivity contribution in [3.8, 4) is 0 Å². The van der Waals surface area contributed by atoms with E-state index in [-0.39, 0.29) is 6.04 Å². The molecule has 2 N–H and O–H groups in total. The van der Waals surface area contributed by atoms with E-state index in [0.29, 0.717) is 22.6 Å². The van der Waals surface area contributed by atoms with Crippen LogP contribution >= 0.6 is 11.6 Å². The van der Waals surface area contributed by atoms with Gasteiger partial charge in [0.25, 0.3) is 0 Å². The molecule has 8 heteroatoms. The molecule has 0 aliphatic rings. The predicted molar refractivity (Wildman–Crippen MR) is 67.4 cm³/mol. The molecule has 2 aromatic heterocycles. The van der Waals surface area contributed by atoms with Crippen molar-refractivity contribution in [2.24, 2.45) is 0 Å². The Morgan fingerprint density at radius 2 is 2.17 bits per heavy atom. The molecule has 1 unspecified atom stereocenters. The Morgan fingerprint density at radius 3 is 2.78 bits per heavy atom. The molecule has 7 nitrogen and oxygen atoms in total. The van der Waals surface area contributed by atoms with Crippen molar-refractivity contribution in [2.45, 2.75) is 33.2 Å². The first-order chi connectivity index (χ1) is 8.61. The van der Waals surface area contributed by atoms with Gasteiger partial charge in [-0.05, 0) is 13.8 Å². The summed E-state index contributed by atoms with van der Waals surface area (Å²) in [7, 11) is 0. The molecule has 1 atom stereocenters. The third-order valence-corrected chi connectivity index (χ3v) is 2.92. The van der Waals surface area contributed by atoms with E-state index >= 15 is 0 Å². The van der Waals surface area contributed by atoms with E-state index in [0.717, 1.165) is 12.0 Å². The molecule has 0 saturated heterocycles. The van der Waals surface area contributed by atoms with Crippen LogP contribution in [0.3, 0.4) is 0 Å². The number of nitrogens with one attached hydrogen (secondary N) is 2. The topological polar surface area (TPSA) is 92.3 Å². The summed E-state index contributed by atoms with van der Waals surface area (Å²) in [6, 6.07) is -0.113. The number of halogens is 1. The lowest BCUT2D eigenvalue weighted by atomic mass is 10.2. The predicted octanol–water partition coefficient (Wildman–Crippen LogP) is 1.69. The van der Waals surface area contributed by atoms with Crippen molar-refractivity contribution in [1.29, 1.82) is 0 Å². The maximum atomic E-state index is 6.07. The zero-order valence-corrected chi connectivity index (χ0v) is 11.2. The first kappa shape index (κ1) is 12.7. The Labute approximate surface area is 109 Å². The number of aryl methyl sites for hydroxylation is 1. The first-order valence-electron chi connectivity index (χ1n) is 5.64. The molecule has 2 aromatic rings. The van der Waals surface area contributed by atoms with Gasteiger partial charge < -0.3 is 5.32 Å². The summed E-state index contributed by atoms with van der Waals surface area (Å²) < 4.78 is 0. The number of hydrogen-bond donors (Lipinski definition) is 2. The second-order valence-electron chi connectivity index (χ2n) is 3.89. The van der Waals surface area contributed by atoms with Gasteiger partial charge in [0.15, 0.2) is 5.82 Å². The smallest absolute Gasteiger partial charge is 0.196 e. The first-order valence-corrected chi connectivity index (χ1v) is 6.02. The molecule has 0 amide bonds. The number of aromatic nitrogens is 6. The highest BCUT2D eigenvalue weighted by Gasteiger charge is 2.14. The van der Waals surface area contributed by atoms with E-state index in [1.54, 1.807) is 0 Å². The standard InChI is InChI=1S/C10H14ClN7/c1-4-7-13-8(11)5(2)9(14-7)12-6(3)10-15-17-18-16-10/h6H,4H2,1-3H3,(H,12,13,14)(H,15,16,17,18). The minimum absolute atomic E-state index is 0.113. The van der Waals surface area contributed by atoms with Crippen LogP contribution in [0.25, 0.3) is 0 Å². The highest BCUT2D eigenvalue weighted by Crippen LogP contribution is 2.23. The summed E-state index contributed by atoms with van der Waals surface area (Å²) in [5, 5.41) is 17.5. The lowest BCUT2D eigenvalue weighted by Crippen LogP contribution is -2.12. The van der Waals surface area contributed by atoms with Gasteiger partial charge in [-0.25, -0.2) is 9.97 Å². The molecule has 2 heterocycles. The molecule has 0 radical (unpaired) electrons. The molecule has 18 heavy (non-hydrogen) atoms. The van der Waals surface area contributed by atoms with Crippen LogP contribution in [0.4, 0.5) is 5.82 Å². The number of tetrazole rings is 1. The lowest BCUT2D eigenvalue weighted by molar-refractivity contribution is 0.780. The molecule has 0 spiro atoms. The van der Waals surface area contributed by atoms with Crippen molar-refractivity contribution >= 4 is 17.4 Å². The number of nitrogens with zero attached hydrogens (tertiary/aromatic N) is 5. The number of H-pyrrole nitrogens is 1. The highest BCUT2D eigenvalue weighted by molar-refractivity contribution is 6.30. The van der Waals surface area contributed by atoms with E-state index in [1.165, 1.54) is 0 Å². The Bertz CT molecular complexity index is 525. The van der Waals surface area contributed by atoms with Gasteiger partial charge in [0.2, 0.25) is 0 Å². The molecule has 0 fully saturated rings. The zero-order valence-electron chi connectivity index (χ0n) is 10.4. The second-order valence-corrected chi connectivity index (χ2v) is 4.25. The van der Waals surface area contributed by atoms with Crippen molar-refractivity contribution in [2.75, 3.05) is 5.32 Å². The van der Waals surface area contributed by atoms with Crippen LogP contribution in [0.1, 0.15) is 37.1 Å². The lowest BCUT2D eigenvalue weighted by Gasteiger charge is -2.14. The Balaban J connectivity index is 2.25. The molecule has 0 aliphatic carbocycles. The molecule has 0 bridgehead atoms. The zero-order chi connectivity index (χ0) is 13.1. The van der Waals surface area contributed by atoms with Crippen LogP contribution in [-0.2, 0) is 6.42 Å². The fourth-order valence-electron chi connectivity index (χ4n) is 1.45. The highest BCUT2D eigenvalue weighted by atomic mass is 35.5. The number of hydrogen-bond acceptors (Lipinski definition) is 6. The van der Waals surface area contributed by atoms with E-state index in [4.69, 9.17) is 11.6 Å². The monoisotopic (exact) mass is 267 g/mol. The van der Waals surface area contributed by atoms with E-state index in [1.807, 2.05) is 20.8 Å². The third kappa shape index (κ3) is 2.56. The quantitative estimate of drug-likeness (QED) is 0.819. The van der Waals surface area contributed by atoms with E-state index < -0.39 is 0 Å². The van der Waals surface area contributed by atoms with Crippen LogP contribution in [-0.4, -0.2) is 30.6 Å². The minimum atomic E-state index is -0.113. The van der Waals surface area contributed by atoms with Crippen molar-refractivity contribution < 1.29 is 0 Å². The van der Waals surface area contributed by atoms with Gasteiger partial charge in [-0.15, -0.1) is 10.2 Å². The SMILES string of the molecule is CCc1nc(Cl)c(C)c(NC(C)c2nn[nH]n2)n1. The van der Waals surface area contributed by atoms with Crippen LogP contribution in [0, 0.1) is 6.92 Å². The Kier molecular flexibility index (Phi) is 3.71. The summed E-state index contributed by atoms with van der Waals surface area (Å²) >= 11 is 6.07. The molecular weight excluding hydrogens is 254 g/mol. The van der Waals surface area contributed by atoms with Gasteiger partial charge >= 0.3 is 0 Å². The minimum Gasteiger partial charge on any atom is -0.360 e. The average molecular weight is 268 g/mol. The average Bonchev–Trinajstić information content (AvgIpc) is 2.88. The Morgan fingerprint density at radius 1 is 1.39 bits per heavy atom. The maximum Gasteiger partial charge on any atom is 0.196 e. The largest absolute Gasteiger partial charge is 0.360 e. The fourth-order valence-corrected chi connectivity index (χ4v) is 1.64. The summed E-state index contributed by atoms with van der Waals surface area (Å²) in [6.45, 7) is 5.77. The normalized spacial score (nSPS) is 12.4. The summed E-state index contributed by atoms with van der Waals surface area (Å²) in [4.78, 5) is 8.60. The number of anilines is 1. The van der Waals surface area contributed by atoms with Gasteiger partial charge in [0.05, 0.1) is 6.04 Å². The molecule has 96 valence electrons. The van der Waals surface area contributed by atoms with Crippen LogP contribution < -0.4 is 5.32 Å². The number of rotatable bonds is 4. The molecular formula is C10H14ClN7. The summed E-state index contributed by atoms with van der Waals surface area (Å²) in [6.07, 6.45) is 0.727. The van der Waals surface area contributed by atoms with Gasteiger partial charge in [0.1, 0.15) is 16.8 Å². The third-order valence-electron chi connectivity index (χ3n) is 2.55.